The summed E-state index contributed by atoms with van der Waals surface area (Å²) in [5.74, 6) is 0.546. The molecule has 24 heavy (non-hydrogen) atoms. The summed E-state index contributed by atoms with van der Waals surface area (Å²) < 4.78 is 32.7. The number of anilines is 2. The summed E-state index contributed by atoms with van der Waals surface area (Å²) in [7, 11) is -2.16. The zero-order valence-corrected chi connectivity index (χ0v) is 14.0. The van der Waals surface area contributed by atoms with E-state index in [1.807, 2.05) is 0 Å². The van der Waals surface area contributed by atoms with Crippen LogP contribution in [0, 0.1) is 0 Å². The summed E-state index contributed by atoms with van der Waals surface area (Å²) in [4.78, 5) is 13.8. The highest BCUT2D eigenvalue weighted by Gasteiger charge is 2.25. The first-order chi connectivity index (χ1) is 11.5. The van der Waals surface area contributed by atoms with Crippen LogP contribution in [0.3, 0.4) is 0 Å². The van der Waals surface area contributed by atoms with Gasteiger partial charge in [0, 0.05) is 13.0 Å². The summed E-state index contributed by atoms with van der Waals surface area (Å²) in [5, 5.41) is 0. The molecule has 0 aliphatic carbocycles. The second kappa shape index (κ2) is 6.52. The standard InChI is InChI=1S/C17H18N2O4S/c1-23-16-10-9-13(12-15(16)19-11-5-8-17(19)20)18-24(21,22)14-6-3-2-4-7-14/h2-4,6-7,9-10,12,18H,5,8,11H2,1H3. The van der Waals surface area contributed by atoms with E-state index in [1.54, 1.807) is 41.3 Å². The van der Waals surface area contributed by atoms with Crippen LogP contribution in [0.1, 0.15) is 12.8 Å². The molecule has 0 unspecified atom stereocenters. The number of rotatable bonds is 5. The second-order valence-corrected chi connectivity index (χ2v) is 7.14. The van der Waals surface area contributed by atoms with Crippen molar-refractivity contribution in [1.29, 1.82) is 0 Å². The Bertz CT molecular complexity index is 850. The number of benzene rings is 2. The van der Waals surface area contributed by atoms with Crippen LogP contribution in [-0.4, -0.2) is 28.0 Å². The minimum absolute atomic E-state index is 0.0105. The molecule has 2 aromatic carbocycles. The fourth-order valence-corrected chi connectivity index (χ4v) is 3.75. The molecule has 1 N–H and O–H groups in total. The lowest BCUT2D eigenvalue weighted by atomic mass is 10.2. The van der Waals surface area contributed by atoms with Crippen LogP contribution in [-0.2, 0) is 14.8 Å². The Morgan fingerprint density at radius 2 is 1.88 bits per heavy atom. The van der Waals surface area contributed by atoms with Crippen molar-refractivity contribution in [3.05, 3.63) is 48.5 Å². The van der Waals surface area contributed by atoms with Crippen LogP contribution in [0.5, 0.6) is 5.75 Å². The summed E-state index contributed by atoms with van der Waals surface area (Å²) in [6.45, 7) is 0.601. The number of methoxy groups -OCH3 is 1. The number of ether oxygens (including phenoxy) is 1. The fourth-order valence-electron chi connectivity index (χ4n) is 2.68. The van der Waals surface area contributed by atoms with Crippen LogP contribution in [0.2, 0.25) is 0 Å². The quantitative estimate of drug-likeness (QED) is 0.903. The first-order valence-electron chi connectivity index (χ1n) is 7.57. The number of hydrogen-bond acceptors (Lipinski definition) is 4. The number of sulfonamides is 1. The van der Waals surface area contributed by atoms with Crippen LogP contribution in [0.15, 0.2) is 53.4 Å². The normalized spacial score (nSPS) is 14.7. The molecule has 1 amide bonds. The van der Waals surface area contributed by atoms with Gasteiger partial charge in [-0.3, -0.25) is 9.52 Å². The summed E-state index contributed by atoms with van der Waals surface area (Å²) in [5.41, 5.74) is 0.961. The van der Waals surface area contributed by atoms with E-state index < -0.39 is 10.0 Å². The van der Waals surface area contributed by atoms with E-state index in [1.165, 1.54) is 19.2 Å². The summed E-state index contributed by atoms with van der Waals surface area (Å²) in [6.07, 6.45) is 1.27. The predicted molar refractivity (Wildman–Crippen MR) is 91.8 cm³/mol. The van der Waals surface area contributed by atoms with Crippen LogP contribution >= 0.6 is 0 Å². The molecule has 7 heteroatoms. The largest absolute Gasteiger partial charge is 0.495 e. The Hall–Kier alpha value is -2.54. The highest BCUT2D eigenvalue weighted by molar-refractivity contribution is 7.92. The molecule has 0 atom stereocenters. The highest BCUT2D eigenvalue weighted by Crippen LogP contribution is 2.34. The highest BCUT2D eigenvalue weighted by atomic mass is 32.2. The smallest absolute Gasteiger partial charge is 0.261 e. The molecule has 1 heterocycles. The van der Waals surface area contributed by atoms with Gasteiger partial charge in [0.1, 0.15) is 5.75 Å². The van der Waals surface area contributed by atoms with Crippen molar-refractivity contribution in [2.24, 2.45) is 0 Å². The zero-order chi connectivity index (χ0) is 17.2. The topological polar surface area (TPSA) is 75.7 Å². The molecule has 0 radical (unpaired) electrons. The number of carbonyl (C=O) groups excluding carboxylic acids is 1. The molecule has 0 bridgehead atoms. The van der Waals surface area contributed by atoms with Gasteiger partial charge in [-0.05, 0) is 36.8 Å². The van der Waals surface area contributed by atoms with Crippen molar-refractivity contribution in [2.75, 3.05) is 23.3 Å². The van der Waals surface area contributed by atoms with E-state index in [4.69, 9.17) is 4.74 Å². The van der Waals surface area contributed by atoms with Gasteiger partial charge in [0.2, 0.25) is 5.91 Å². The van der Waals surface area contributed by atoms with Crippen molar-refractivity contribution in [3.63, 3.8) is 0 Å². The maximum Gasteiger partial charge on any atom is 0.261 e. The van der Waals surface area contributed by atoms with E-state index >= 15 is 0 Å². The number of hydrogen-bond donors (Lipinski definition) is 1. The zero-order valence-electron chi connectivity index (χ0n) is 13.2. The molecule has 3 rings (SSSR count). The lowest BCUT2D eigenvalue weighted by Crippen LogP contribution is -2.24. The Kier molecular flexibility index (Phi) is 4.44. The monoisotopic (exact) mass is 346 g/mol. The van der Waals surface area contributed by atoms with Gasteiger partial charge in [0.25, 0.3) is 10.0 Å². The van der Waals surface area contributed by atoms with Gasteiger partial charge < -0.3 is 9.64 Å². The van der Waals surface area contributed by atoms with Crippen molar-refractivity contribution in [2.45, 2.75) is 17.7 Å². The SMILES string of the molecule is COc1ccc(NS(=O)(=O)c2ccccc2)cc1N1CCCC1=O. The summed E-state index contributed by atoms with van der Waals surface area (Å²) >= 11 is 0. The lowest BCUT2D eigenvalue weighted by molar-refractivity contribution is -0.117. The van der Waals surface area contributed by atoms with E-state index in [9.17, 15) is 13.2 Å². The molecular formula is C17H18N2O4S. The third kappa shape index (κ3) is 3.21. The average molecular weight is 346 g/mol. The molecule has 1 fully saturated rings. The second-order valence-electron chi connectivity index (χ2n) is 5.45. The minimum Gasteiger partial charge on any atom is -0.495 e. The molecule has 0 saturated carbocycles. The molecule has 2 aromatic rings. The Labute approximate surface area is 141 Å². The molecule has 0 spiro atoms. The summed E-state index contributed by atoms with van der Waals surface area (Å²) in [6, 6.07) is 13.0. The van der Waals surface area contributed by atoms with E-state index in [0.717, 1.165) is 6.42 Å². The van der Waals surface area contributed by atoms with E-state index in [2.05, 4.69) is 4.72 Å². The lowest BCUT2D eigenvalue weighted by Gasteiger charge is -2.20. The average Bonchev–Trinajstić information content (AvgIpc) is 3.01. The van der Waals surface area contributed by atoms with Crippen molar-refractivity contribution in [3.8, 4) is 5.75 Å². The van der Waals surface area contributed by atoms with Crippen molar-refractivity contribution in [1.82, 2.24) is 0 Å². The van der Waals surface area contributed by atoms with Crippen LogP contribution < -0.4 is 14.4 Å². The molecule has 6 nitrogen and oxygen atoms in total. The molecule has 126 valence electrons. The predicted octanol–water partition coefficient (Wildman–Crippen LogP) is 2.62. The van der Waals surface area contributed by atoms with Gasteiger partial charge in [-0.15, -0.1) is 0 Å². The van der Waals surface area contributed by atoms with Gasteiger partial charge in [-0.1, -0.05) is 18.2 Å². The molecule has 0 aromatic heterocycles. The van der Waals surface area contributed by atoms with Crippen LogP contribution in [0.4, 0.5) is 11.4 Å². The number of nitrogens with one attached hydrogen (secondary N) is 1. The third-order valence-electron chi connectivity index (χ3n) is 3.85. The van der Waals surface area contributed by atoms with Gasteiger partial charge in [0.15, 0.2) is 0 Å². The van der Waals surface area contributed by atoms with Gasteiger partial charge >= 0.3 is 0 Å². The number of carbonyl (C=O) groups is 1. The third-order valence-corrected chi connectivity index (χ3v) is 5.25. The van der Waals surface area contributed by atoms with Crippen molar-refractivity contribution >= 4 is 27.3 Å². The Morgan fingerprint density at radius 3 is 2.50 bits per heavy atom. The minimum atomic E-state index is -3.68. The van der Waals surface area contributed by atoms with Crippen molar-refractivity contribution < 1.29 is 17.9 Å². The maximum absolute atomic E-state index is 12.4. The van der Waals surface area contributed by atoms with Gasteiger partial charge in [-0.25, -0.2) is 8.42 Å². The van der Waals surface area contributed by atoms with Gasteiger partial charge in [-0.2, -0.15) is 0 Å². The first kappa shape index (κ1) is 16.3. The molecule has 1 saturated heterocycles. The van der Waals surface area contributed by atoms with E-state index in [-0.39, 0.29) is 10.8 Å². The molecular weight excluding hydrogens is 328 g/mol. The van der Waals surface area contributed by atoms with Gasteiger partial charge in [0.05, 0.1) is 23.4 Å². The first-order valence-corrected chi connectivity index (χ1v) is 9.06. The Morgan fingerprint density at radius 1 is 1.12 bits per heavy atom. The number of amides is 1. The molecule has 1 aliphatic rings. The van der Waals surface area contributed by atoms with E-state index in [0.29, 0.717) is 30.1 Å². The number of nitrogens with zero attached hydrogens (tertiary/aromatic N) is 1. The van der Waals surface area contributed by atoms with Crippen LogP contribution in [0.25, 0.3) is 0 Å². The maximum atomic E-state index is 12.4. The Balaban J connectivity index is 1.93. The molecule has 1 aliphatic heterocycles. The fraction of sp³-hybridized carbons (Fsp3) is 0.235.